The van der Waals surface area contributed by atoms with Crippen molar-refractivity contribution in [3.05, 3.63) is 86.9 Å². The van der Waals surface area contributed by atoms with Crippen molar-refractivity contribution in [2.75, 3.05) is 13.1 Å². The maximum atomic E-state index is 14.9. The van der Waals surface area contributed by atoms with E-state index in [0.717, 1.165) is 45.1 Å². The van der Waals surface area contributed by atoms with Crippen LogP contribution in [0.5, 0.6) is 10.8 Å². The van der Waals surface area contributed by atoms with Crippen molar-refractivity contribution >= 4 is 17.2 Å². The molecule has 1 fully saturated rings. The molecule has 0 radical (unpaired) electrons. The summed E-state index contributed by atoms with van der Waals surface area (Å²) in [6.07, 6.45) is 1.10. The van der Waals surface area contributed by atoms with Gasteiger partial charge >= 0.3 is 5.69 Å². The molecule has 1 N–H and O–H groups in total. The zero-order valence-electron chi connectivity index (χ0n) is 19.6. The highest BCUT2D eigenvalue weighted by Crippen LogP contribution is 2.34. The number of hydrogen-bond acceptors (Lipinski definition) is 7. The number of carbonyl (C=O) groups excluding carboxylic acids is 1. The first-order valence-electron chi connectivity index (χ1n) is 11.1. The van der Waals surface area contributed by atoms with E-state index in [9.17, 15) is 27.9 Å². The van der Waals surface area contributed by atoms with Gasteiger partial charge in [0.2, 0.25) is 5.06 Å². The molecule has 1 aliphatic heterocycles. The molecule has 13 heteroatoms. The van der Waals surface area contributed by atoms with E-state index in [1.165, 1.54) is 23.1 Å². The van der Waals surface area contributed by atoms with E-state index < -0.39 is 28.7 Å². The number of amides is 1. The molecule has 2 aromatic carbocycles. The van der Waals surface area contributed by atoms with Gasteiger partial charge in [0.05, 0.1) is 36.6 Å². The fourth-order valence-corrected chi connectivity index (χ4v) is 4.80. The monoisotopic (exact) mass is 531 g/mol. The van der Waals surface area contributed by atoms with Gasteiger partial charge in [0.15, 0.2) is 16.6 Å². The molecule has 0 bridgehead atoms. The van der Waals surface area contributed by atoms with Gasteiger partial charge in [-0.15, -0.1) is 0 Å². The smallest absolute Gasteiger partial charge is 0.350 e. The van der Waals surface area contributed by atoms with Crippen LogP contribution in [0.2, 0.25) is 0 Å². The van der Waals surface area contributed by atoms with Crippen LogP contribution in [-0.2, 0) is 6.54 Å². The Morgan fingerprint density at radius 2 is 1.86 bits per heavy atom. The first kappa shape index (κ1) is 24.7. The number of nitrogens with zero attached hydrogens (tertiary/aromatic N) is 5. The van der Waals surface area contributed by atoms with Crippen molar-refractivity contribution in [3.8, 4) is 16.5 Å². The number of aromatic nitrogens is 4. The Hall–Kier alpha value is -3.97. The Bertz CT molecular complexity index is 1550. The van der Waals surface area contributed by atoms with E-state index in [1.807, 2.05) is 0 Å². The average molecular weight is 532 g/mol. The van der Waals surface area contributed by atoms with Crippen molar-refractivity contribution in [2.45, 2.75) is 26.0 Å². The largest absolute Gasteiger partial charge is 0.442 e. The molecule has 37 heavy (non-hydrogen) atoms. The minimum Gasteiger partial charge on any atom is -0.442 e. The summed E-state index contributed by atoms with van der Waals surface area (Å²) in [4.78, 5) is 30.9. The Morgan fingerprint density at radius 1 is 1.16 bits per heavy atom. The van der Waals surface area contributed by atoms with Crippen LogP contribution in [0.1, 0.15) is 28.0 Å². The van der Waals surface area contributed by atoms with Crippen LogP contribution in [0, 0.1) is 24.4 Å². The van der Waals surface area contributed by atoms with Gasteiger partial charge in [-0.2, -0.15) is 9.78 Å². The lowest BCUT2D eigenvalue weighted by Crippen LogP contribution is -2.61. The van der Waals surface area contributed by atoms with Crippen LogP contribution < -0.4 is 10.4 Å². The molecule has 0 unspecified atom stereocenters. The van der Waals surface area contributed by atoms with Gasteiger partial charge < -0.3 is 14.7 Å². The van der Waals surface area contributed by atoms with E-state index in [-0.39, 0.29) is 52.6 Å². The average Bonchev–Trinajstić information content (AvgIpc) is 3.37. The first-order valence-corrected chi connectivity index (χ1v) is 11.9. The second kappa shape index (κ2) is 9.16. The summed E-state index contributed by atoms with van der Waals surface area (Å²) >= 11 is 0.953. The van der Waals surface area contributed by atoms with E-state index in [4.69, 9.17) is 4.74 Å². The molecule has 9 nitrogen and oxygen atoms in total. The fraction of sp³-hybridized carbons (Fsp3) is 0.250. The molecule has 0 saturated carbocycles. The third-order valence-electron chi connectivity index (χ3n) is 5.77. The number of aliphatic hydroxyl groups is 1. The molecule has 3 heterocycles. The summed E-state index contributed by atoms with van der Waals surface area (Å²) in [6.45, 7) is 3.25. The van der Waals surface area contributed by atoms with Crippen LogP contribution in [0.4, 0.5) is 13.2 Å². The topological polar surface area (TPSA) is 102 Å². The zero-order chi connectivity index (χ0) is 26.5. The summed E-state index contributed by atoms with van der Waals surface area (Å²) in [6, 6.07) is 7.10. The van der Waals surface area contributed by atoms with Crippen LogP contribution in [0.3, 0.4) is 0 Å². The molecule has 4 aromatic rings. The third kappa shape index (κ3) is 4.74. The minimum atomic E-state index is -0.919. The quantitative estimate of drug-likeness (QED) is 0.410. The predicted octanol–water partition coefficient (Wildman–Crippen LogP) is 3.26. The van der Waals surface area contributed by atoms with Gasteiger partial charge in [-0.1, -0.05) is 17.4 Å². The Labute approximate surface area is 212 Å². The summed E-state index contributed by atoms with van der Waals surface area (Å²) in [5.74, 6) is -2.92. The minimum absolute atomic E-state index is 0.0735. The maximum absolute atomic E-state index is 14.9. The number of likely N-dealkylation sites (tertiary alicyclic amines) is 1. The Balaban J connectivity index is 1.33. The molecular weight excluding hydrogens is 511 g/mol. The van der Waals surface area contributed by atoms with Crippen molar-refractivity contribution < 1.29 is 27.8 Å². The zero-order valence-corrected chi connectivity index (χ0v) is 20.4. The second-order valence-electron chi connectivity index (χ2n) is 8.92. The van der Waals surface area contributed by atoms with Crippen LogP contribution in [0.15, 0.2) is 47.5 Å². The summed E-state index contributed by atoms with van der Waals surface area (Å²) < 4.78 is 50.3. The van der Waals surface area contributed by atoms with Crippen molar-refractivity contribution in [1.29, 1.82) is 0 Å². The van der Waals surface area contributed by atoms with Crippen LogP contribution >= 0.6 is 11.3 Å². The van der Waals surface area contributed by atoms with Crippen molar-refractivity contribution in [1.82, 2.24) is 24.2 Å². The Morgan fingerprint density at radius 3 is 2.51 bits per heavy atom. The molecule has 0 aliphatic carbocycles. The summed E-state index contributed by atoms with van der Waals surface area (Å²) in [7, 11) is 0. The van der Waals surface area contributed by atoms with Gasteiger partial charge in [0.1, 0.15) is 18.0 Å². The molecule has 0 atom stereocenters. The molecule has 2 aromatic heterocycles. The molecule has 5 rings (SSSR count). The number of β-amino-alcohol motifs (C(OH)–C–C–N with tert-alkyl or cyclic N) is 1. The first-order chi connectivity index (χ1) is 17.5. The molecule has 192 valence electrons. The number of thiazole rings is 1. The normalized spacial score (nSPS) is 14.5. The van der Waals surface area contributed by atoms with E-state index in [1.54, 1.807) is 13.8 Å². The number of aryl methyl sites for hydroxylation is 1. The maximum Gasteiger partial charge on any atom is 0.350 e. The van der Waals surface area contributed by atoms with Crippen LogP contribution in [-0.4, -0.2) is 53.9 Å². The highest BCUT2D eigenvalue weighted by molar-refractivity contribution is 7.15. The molecule has 1 amide bonds. The van der Waals surface area contributed by atoms with Gasteiger partial charge in [-0.3, -0.25) is 9.36 Å². The molecule has 1 aliphatic rings. The van der Waals surface area contributed by atoms with Gasteiger partial charge in [-0.25, -0.2) is 22.9 Å². The van der Waals surface area contributed by atoms with Crippen molar-refractivity contribution in [3.63, 3.8) is 0 Å². The van der Waals surface area contributed by atoms with Crippen LogP contribution in [0.25, 0.3) is 5.69 Å². The van der Waals surface area contributed by atoms with E-state index in [2.05, 4.69) is 10.1 Å². The summed E-state index contributed by atoms with van der Waals surface area (Å²) in [5, 5.41) is 14.1. The van der Waals surface area contributed by atoms with Gasteiger partial charge in [-0.05, 0) is 38.1 Å². The summed E-state index contributed by atoms with van der Waals surface area (Å²) in [5.41, 5.74) is -1.47. The molecule has 1 saturated heterocycles. The number of hydrogen-bond donors (Lipinski definition) is 1. The number of benzene rings is 2. The van der Waals surface area contributed by atoms with Crippen molar-refractivity contribution in [2.24, 2.45) is 0 Å². The second-order valence-corrected chi connectivity index (χ2v) is 9.88. The van der Waals surface area contributed by atoms with Gasteiger partial charge in [0.25, 0.3) is 5.91 Å². The number of halogens is 3. The standard InChI is InChI=1S/C24H20F3N5O4S/c1-13-22(37-20(29-13)21(33)31-10-24(2,35)11-31)36-19-7-6-14(8-18(19)27)32-23(34)30(12-28-32)9-15-16(25)4-3-5-17(15)26/h3-8,12,35H,9-11H2,1-2H3. The number of carbonyl (C=O) groups is 1. The van der Waals surface area contributed by atoms with Gasteiger partial charge in [0, 0.05) is 11.6 Å². The lowest BCUT2D eigenvalue weighted by atomic mass is 9.97. The fourth-order valence-electron chi connectivity index (χ4n) is 3.90. The third-order valence-corrected chi connectivity index (χ3v) is 6.80. The lowest BCUT2D eigenvalue weighted by molar-refractivity contribution is -0.0668. The van der Waals surface area contributed by atoms with E-state index >= 15 is 0 Å². The highest BCUT2D eigenvalue weighted by Gasteiger charge is 2.40. The lowest BCUT2D eigenvalue weighted by Gasteiger charge is -2.43. The SMILES string of the molecule is Cc1nc(C(=O)N2CC(C)(O)C2)sc1Oc1ccc(-n2ncn(Cc3c(F)cccc3F)c2=O)cc1F. The molecular formula is C24H20F3N5O4S. The predicted molar refractivity (Wildman–Crippen MR) is 127 cm³/mol. The Kier molecular flexibility index (Phi) is 6.12. The number of rotatable bonds is 6. The number of ether oxygens (including phenoxy) is 1. The van der Waals surface area contributed by atoms with E-state index in [0.29, 0.717) is 5.69 Å². The molecule has 0 spiro atoms. The highest BCUT2D eigenvalue weighted by atomic mass is 32.1.